The molecule has 0 aliphatic heterocycles. The van der Waals surface area contributed by atoms with Gasteiger partial charge in [-0.3, -0.25) is 4.98 Å². The van der Waals surface area contributed by atoms with E-state index in [4.69, 9.17) is 0 Å². The lowest BCUT2D eigenvalue weighted by Crippen LogP contribution is -2.08. The van der Waals surface area contributed by atoms with Gasteiger partial charge in [-0.1, -0.05) is 23.8 Å². The first-order chi connectivity index (χ1) is 10.1. The van der Waals surface area contributed by atoms with Gasteiger partial charge in [0.15, 0.2) is 0 Å². The van der Waals surface area contributed by atoms with Gasteiger partial charge in [0.1, 0.15) is 0 Å². The van der Waals surface area contributed by atoms with Crippen LogP contribution in [0.15, 0.2) is 36.7 Å². The molecule has 0 bridgehead atoms. The van der Waals surface area contributed by atoms with Crippen molar-refractivity contribution in [2.75, 3.05) is 5.32 Å². The van der Waals surface area contributed by atoms with E-state index in [0.29, 0.717) is 18.2 Å². The van der Waals surface area contributed by atoms with Crippen molar-refractivity contribution in [2.24, 2.45) is 0 Å². The maximum Gasteiger partial charge on any atom is 0.337 e. The molecular formula is C17H18N2O2. The van der Waals surface area contributed by atoms with Crippen LogP contribution in [-0.2, 0) is 6.54 Å². The summed E-state index contributed by atoms with van der Waals surface area (Å²) in [6.45, 7) is 2.73. The molecule has 0 radical (unpaired) electrons. The SMILES string of the molecule is Cc1ccc(CNc2cnccc2C(=O)O)c(C2CC2)c1. The molecule has 1 fully saturated rings. The molecule has 1 aliphatic carbocycles. The Kier molecular flexibility index (Phi) is 3.60. The second kappa shape index (κ2) is 5.56. The molecule has 3 rings (SSSR count). The average molecular weight is 282 g/mol. The van der Waals surface area contributed by atoms with Crippen LogP contribution in [0.4, 0.5) is 5.69 Å². The predicted octanol–water partition coefficient (Wildman–Crippen LogP) is 3.58. The summed E-state index contributed by atoms with van der Waals surface area (Å²) in [7, 11) is 0. The molecule has 2 aromatic rings. The van der Waals surface area contributed by atoms with Crippen LogP contribution in [0.5, 0.6) is 0 Å². The molecule has 1 saturated carbocycles. The van der Waals surface area contributed by atoms with Crippen LogP contribution in [0.25, 0.3) is 0 Å². The Morgan fingerprint density at radius 3 is 2.90 bits per heavy atom. The van der Waals surface area contributed by atoms with Crippen LogP contribution in [0, 0.1) is 6.92 Å². The van der Waals surface area contributed by atoms with Crippen molar-refractivity contribution in [3.8, 4) is 0 Å². The number of nitrogens with one attached hydrogen (secondary N) is 1. The highest BCUT2D eigenvalue weighted by Gasteiger charge is 2.25. The first-order valence-electron chi connectivity index (χ1n) is 7.16. The number of hydrogen-bond acceptors (Lipinski definition) is 3. The third-order valence-electron chi connectivity index (χ3n) is 3.84. The lowest BCUT2D eigenvalue weighted by molar-refractivity contribution is 0.0698. The zero-order chi connectivity index (χ0) is 14.8. The summed E-state index contributed by atoms with van der Waals surface area (Å²) in [5.74, 6) is -0.263. The number of aromatic carboxylic acids is 1. The molecule has 0 saturated heterocycles. The zero-order valence-electron chi connectivity index (χ0n) is 12.0. The van der Waals surface area contributed by atoms with E-state index in [1.807, 2.05) is 0 Å². The van der Waals surface area contributed by atoms with E-state index in [1.54, 1.807) is 6.20 Å². The monoisotopic (exact) mass is 282 g/mol. The molecule has 21 heavy (non-hydrogen) atoms. The minimum absolute atomic E-state index is 0.255. The topological polar surface area (TPSA) is 62.2 Å². The number of carbonyl (C=O) groups is 1. The summed E-state index contributed by atoms with van der Waals surface area (Å²) in [6.07, 6.45) is 5.57. The zero-order valence-corrected chi connectivity index (χ0v) is 12.0. The van der Waals surface area contributed by atoms with Crippen molar-refractivity contribution in [3.63, 3.8) is 0 Å². The Morgan fingerprint density at radius 2 is 2.19 bits per heavy atom. The van der Waals surface area contributed by atoms with Crippen molar-refractivity contribution in [2.45, 2.75) is 32.2 Å². The molecule has 1 aromatic heterocycles. The number of aryl methyl sites for hydroxylation is 1. The van der Waals surface area contributed by atoms with Gasteiger partial charge in [0.2, 0.25) is 0 Å². The summed E-state index contributed by atoms with van der Waals surface area (Å²) in [6, 6.07) is 7.99. The molecular weight excluding hydrogens is 264 g/mol. The highest BCUT2D eigenvalue weighted by Crippen LogP contribution is 2.42. The molecule has 108 valence electrons. The quantitative estimate of drug-likeness (QED) is 0.880. The first-order valence-corrected chi connectivity index (χ1v) is 7.16. The van der Waals surface area contributed by atoms with Gasteiger partial charge in [-0.25, -0.2) is 4.79 Å². The largest absolute Gasteiger partial charge is 0.478 e. The second-order valence-corrected chi connectivity index (χ2v) is 5.56. The fourth-order valence-corrected chi connectivity index (χ4v) is 2.56. The van der Waals surface area contributed by atoms with E-state index >= 15 is 0 Å². The van der Waals surface area contributed by atoms with E-state index in [9.17, 15) is 9.90 Å². The van der Waals surface area contributed by atoms with E-state index < -0.39 is 5.97 Å². The van der Waals surface area contributed by atoms with Gasteiger partial charge in [0.25, 0.3) is 0 Å². The number of hydrogen-bond donors (Lipinski definition) is 2. The summed E-state index contributed by atoms with van der Waals surface area (Å²) in [5.41, 5.74) is 4.72. The van der Waals surface area contributed by atoms with Crippen LogP contribution in [-0.4, -0.2) is 16.1 Å². The number of benzene rings is 1. The standard InChI is InChI=1S/C17H18N2O2/c1-11-2-3-13(15(8-11)12-4-5-12)9-19-16-10-18-7-6-14(16)17(20)21/h2-3,6-8,10,12,19H,4-5,9H2,1H3,(H,20,21). The minimum atomic E-state index is -0.939. The molecule has 0 amide bonds. The lowest BCUT2D eigenvalue weighted by Gasteiger charge is -2.13. The van der Waals surface area contributed by atoms with Gasteiger partial charge < -0.3 is 10.4 Å². The molecule has 0 atom stereocenters. The molecule has 4 heteroatoms. The fourth-order valence-electron chi connectivity index (χ4n) is 2.56. The summed E-state index contributed by atoms with van der Waals surface area (Å²) in [4.78, 5) is 15.2. The highest BCUT2D eigenvalue weighted by molar-refractivity contribution is 5.93. The van der Waals surface area contributed by atoms with Gasteiger partial charge in [-0.05, 0) is 42.9 Å². The minimum Gasteiger partial charge on any atom is -0.478 e. The number of aromatic nitrogens is 1. The molecule has 0 spiro atoms. The highest BCUT2D eigenvalue weighted by atomic mass is 16.4. The summed E-state index contributed by atoms with van der Waals surface area (Å²) in [5, 5.41) is 12.4. The Balaban J connectivity index is 1.81. The number of anilines is 1. The first kappa shape index (κ1) is 13.6. The smallest absolute Gasteiger partial charge is 0.337 e. The van der Waals surface area contributed by atoms with Gasteiger partial charge >= 0.3 is 5.97 Å². The Labute approximate surface area is 123 Å². The molecule has 0 unspecified atom stereocenters. The second-order valence-electron chi connectivity index (χ2n) is 5.56. The maximum absolute atomic E-state index is 11.2. The van der Waals surface area contributed by atoms with Gasteiger partial charge in [0.05, 0.1) is 17.4 Å². The van der Waals surface area contributed by atoms with Crippen LogP contribution >= 0.6 is 0 Å². The number of pyridine rings is 1. The number of carboxylic acid groups (broad SMARTS) is 1. The molecule has 1 aromatic carbocycles. The van der Waals surface area contributed by atoms with Crippen LogP contribution < -0.4 is 5.32 Å². The van der Waals surface area contributed by atoms with Crippen LogP contribution in [0.3, 0.4) is 0 Å². The Hall–Kier alpha value is -2.36. The summed E-state index contributed by atoms with van der Waals surface area (Å²) < 4.78 is 0. The van der Waals surface area contributed by atoms with Crippen LogP contribution in [0.2, 0.25) is 0 Å². The van der Waals surface area contributed by atoms with Crippen molar-refractivity contribution >= 4 is 11.7 Å². The van der Waals surface area contributed by atoms with E-state index in [-0.39, 0.29) is 5.56 Å². The third-order valence-corrected chi connectivity index (χ3v) is 3.84. The van der Waals surface area contributed by atoms with E-state index in [2.05, 4.69) is 35.4 Å². The molecule has 2 N–H and O–H groups in total. The predicted molar refractivity (Wildman–Crippen MR) is 81.7 cm³/mol. The fraction of sp³-hybridized carbons (Fsp3) is 0.294. The van der Waals surface area contributed by atoms with E-state index in [1.165, 1.54) is 41.8 Å². The Morgan fingerprint density at radius 1 is 1.38 bits per heavy atom. The van der Waals surface area contributed by atoms with Crippen molar-refractivity contribution < 1.29 is 9.90 Å². The van der Waals surface area contributed by atoms with Gasteiger partial charge in [-0.15, -0.1) is 0 Å². The van der Waals surface area contributed by atoms with Crippen molar-refractivity contribution in [1.29, 1.82) is 0 Å². The summed E-state index contributed by atoms with van der Waals surface area (Å²) >= 11 is 0. The molecule has 1 aliphatic rings. The average Bonchev–Trinajstić information content (AvgIpc) is 3.30. The molecule has 1 heterocycles. The normalized spacial score (nSPS) is 14.0. The number of rotatable bonds is 5. The van der Waals surface area contributed by atoms with Gasteiger partial charge in [0, 0.05) is 12.7 Å². The van der Waals surface area contributed by atoms with Crippen molar-refractivity contribution in [3.05, 3.63) is 58.9 Å². The lowest BCUT2D eigenvalue weighted by atomic mass is 10.0. The van der Waals surface area contributed by atoms with Gasteiger partial charge in [-0.2, -0.15) is 0 Å². The van der Waals surface area contributed by atoms with Crippen LogP contribution in [0.1, 0.15) is 45.8 Å². The Bertz CT molecular complexity index is 678. The maximum atomic E-state index is 11.2. The molecule has 4 nitrogen and oxygen atoms in total. The number of nitrogens with zero attached hydrogens (tertiary/aromatic N) is 1. The third kappa shape index (κ3) is 3.05. The van der Waals surface area contributed by atoms with E-state index in [0.717, 1.165) is 0 Å². The number of carboxylic acids is 1. The van der Waals surface area contributed by atoms with Crippen molar-refractivity contribution in [1.82, 2.24) is 4.98 Å².